The number of hydrogen-bond donors (Lipinski definition) is 1. The number of rotatable bonds is 6. The van der Waals surface area contributed by atoms with Gasteiger partial charge in [-0.3, -0.25) is 0 Å². The first-order valence-corrected chi connectivity index (χ1v) is 7.09. The Kier molecular flexibility index (Phi) is 5.11. The average Bonchev–Trinajstić information content (AvgIpc) is 2.42. The van der Waals surface area contributed by atoms with Crippen molar-refractivity contribution in [3.63, 3.8) is 0 Å². The molecule has 0 radical (unpaired) electrons. The summed E-state index contributed by atoms with van der Waals surface area (Å²) in [7, 11) is 0. The van der Waals surface area contributed by atoms with Crippen LogP contribution in [-0.4, -0.2) is 28.1 Å². The van der Waals surface area contributed by atoms with Crippen LogP contribution < -0.4 is 10.1 Å². The molecule has 0 saturated carbocycles. The standard InChI is InChI=1S/C13H15FN4OS/c1-3-15-11-16-12(19-4-2)18-13(17-11)20-10-8-6-5-7-9(10)14/h5-8H,3-4H2,1-2H3,(H,15,16,17,18). The van der Waals surface area contributed by atoms with Gasteiger partial charge >= 0.3 is 6.01 Å². The van der Waals surface area contributed by atoms with Crippen LogP contribution >= 0.6 is 11.8 Å². The van der Waals surface area contributed by atoms with Gasteiger partial charge < -0.3 is 10.1 Å². The summed E-state index contributed by atoms with van der Waals surface area (Å²) >= 11 is 1.14. The lowest BCUT2D eigenvalue weighted by molar-refractivity contribution is 0.308. The molecule has 106 valence electrons. The van der Waals surface area contributed by atoms with Crippen LogP contribution in [0.1, 0.15) is 13.8 Å². The van der Waals surface area contributed by atoms with Crippen molar-refractivity contribution >= 4 is 17.7 Å². The minimum absolute atomic E-state index is 0.234. The van der Waals surface area contributed by atoms with E-state index in [2.05, 4.69) is 20.3 Å². The fourth-order valence-corrected chi connectivity index (χ4v) is 2.21. The summed E-state index contributed by atoms with van der Waals surface area (Å²) in [6.07, 6.45) is 0. The van der Waals surface area contributed by atoms with Crippen molar-refractivity contribution in [1.29, 1.82) is 0 Å². The van der Waals surface area contributed by atoms with Crippen molar-refractivity contribution in [2.24, 2.45) is 0 Å². The van der Waals surface area contributed by atoms with E-state index in [1.807, 2.05) is 13.8 Å². The molecule has 0 unspecified atom stereocenters. The van der Waals surface area contributed by atoms with E-state index < -0.39 is 0 Å². The maximum absolute atomic E-state index is 13.6. The average molecular weight is 294 g/mol. The highest BCUT2D eigenvalue weighted by Crippen LogP contribution is 2.28. The van der Waals surface area contributed by atoms with E-state index in [4.69, 9.17) is 4.74 Å². The van der Waals surface area contributed by atoms with Gasteiger partial charge in [-0.2, -0.15) is 15.0 Å². The molecular weight excluding hydrogens is 279 g/mol. The zero-order chi connectivity index (χ0) is 14.4. The zero-order valence-electron chi connectivity index (χ0n) is 11.3. The highest BCUT2D eigenvalue weighted by Gasteiger charge is 2.10. The van der Waals surface area contributed by atoms with Crippen molar-refractivity contribution in [3.8, 4) is 6.01 Å². The van der Waals surface area contributed by atoms with Gasteiger partial charge in [-0.15, -0.1) is 0 Å². The van der Waals surface area contributed by atoms with Gasteiger partial charge in [-0.05, 0) is 37.7 Å². The molecule has 0 aliphatic rings. The molecule has 2 aromatic rings. The van der Waals surface area contributed by atoms with Crippen LogP contribution in [0.5, 0.6) is 6.01 Å². The van der Waals surface area contributed by atoms with E-state index >= 15 is 0 Å². The maximum Gasteiger partial charge on any atom is 0.322 e. The Morgan fingerprint density at radius 1 is 1.20 bits per heavy atom. The van der Waals surface area contributed by atoms with Crippen LogP contribution in [0.25, 0.3) is 0 Å². The minimum Gasteiger partial charge on any atom is -0.464 e. The first-order valence-electron chi connectivity index (χ1n) is 6.28. The third-order valence-electron chi connectivity index (χ3n) is 2.24. The Balaban J connectivity index is 2.28. The third-order valence-corrected chi connectivity index (χ3v) is 3.16. The molecule has 0 aliphatic heterocycles. The molecule has 0 saturated heterocycles. The maximum atomic E-state index is 13.6. The molecule has 1 heterocycles. The number of ether oxygens (including phenoxy) is 1. The number of nitrogens with one attached hydrogen (secondary N) is 1. The van der Waals surface area contributed by atoms with E-state index in [1.165, 1.54) is 6.07 Å². The number of benzene rings is 1. The number of nitrogens with zero attached hydrogens (tertiary/aromatic N) is 3. The lowest BCUT2D eigenvalue weighted by atomic mass is 10.4. The molecule has 20 heavy (non-hydrogen) atoms. The molecule has 0 spiro atoms. The zero-order valence-corrected chi connectivity index (χ0v) is 12.1. The van der Waals surface area contributed by atoms with Gasteiger partial charge in [0.1, 0.15) is 5.82 Å². The molecule has 0 atom stereocenters. The van der Waals surface area contributed by atoms with Gasteiger partial charge in [-0.1, -0.05) is 12.1 Å². The first kappa shape index (κ1) is 14.5. The molecule has 0 amide bonds. The molecule has 0 bridgehead atoms. The van der Waals surface area contributed by atoms with Crippen molar-refractivity contribution in [3.05, 3.63) is 30.1 Å². The van der Waals surface area contributed by atoms with Gasteiger partial charge in [0.2, 0.25) is 11.1 Å². The summed E-state index contributed by atoms with van der Waals surface area (Å²) in [5.74, 6) is 0.116. The smallest absolute Gasteiger partial charge is 0.322 e. The summed E-state index contributed by atoms with van der Waals surface area (Å²) in [5.41, 5.74) is 0. The van der Waals surface area contributed by atoms with Crippen molar-refractivity contribution in [2.75, 3.05) is 18.5 Å². The molecule has 2 rings (SSSR count). The Bertz CT molecular complexity index is 558. The largest absolute Gasteiger partial charge is 0.464 e. The fourth-order valence-electron chi connectivity index (χ4n) is 1.44. The van der Waals surface area contributed by atoms with E-state index in [-0.39, 0.29) is 11.8 Å². The Labute approximate surface area is 121 Å². The molecular formula is C13H15FN4OS. The van der Waals surface area contributed by atoms with Crippen LogP contribution in [0.15, 0.2) is 34.3 Å². The number of hydrogen-bond acceptors (Lipinski definition) is 6. The normalized spacial score (nSPS) is 10.3. The second-order valence-electron chi connectivity index (χ2n) is 3.72. The van der Waals surface area contributed by atoms with E-state index in [9.17, 15) is 4.39 Å². The quantitative estimate of drug-likeness (QED) is 0.884. The molecule has 1 aromatic heterocycles. The SMILES string of the molecule is CCNc1nc(OCC)nc(Sc2ccccc2F)n1. The van der Waals surface area contributed by atoms with Gasteiger partial charge in [0.15, 0.2) is 0 Å². The van der Waals surface area contributed by atoms with Gasteiger partial charge in [0.05, 0.1) is 11.5 Å². The molecule has 5 nitrogen and oxygen atoms in total. The topological polar surface area (TPSA) is 59.9 Å². The van der Waals surface area contributed by atoms with Crippen molar-refractivity contribution < 1.29 is 9.13 Å². The highest BCUT2D eigenvalue weighted by molar-refractivity contribution is 7.99. The number of halogens is 1. The Hall–Kier alpha value is -1.89. The summed E-state index contributed by atoms with van der Waals surface area (Å²) in [5, 5.41) is 3.39. The minimum atomic E-state index is -0.305. The Morgan fingerprint density at radius 3 is 2.70 bits per heavy atom. The van der Waals surface area contributed by atoms with Crippen LogP contribution in [0.3, 0.4) is 0 Å². The van der Waals surface area contributed by atoms with E-state index in [0.29, 0.717) is 29.2 Å². The summed E-state index contributed by atoms with van der Waals surface area (Å²) < 4.78 is 18.9. The van der Waals surface area contributed by atoms with Crippen LogP contribution in [0.4, 0.5) is 10.3 Å². The monoisotopic (exact) mass is 294 g/mol. The van der Waals surface area contributed by atoms with Gasteiger partial charge in [0, 0.05) is 6.54 Å². The third kappa shape index (κ3) is 3.80. The summed E-state index contributed by atoms with van der Waals surface area (Å²) in [4.78, 5) is 13.0. The molecule has 7 heteroatoms. The van der Waals surface area contributed by atoms with Crippen molar-refractivity contribution in [1.82, 2.24) is 15.0 Å². The summed E-state index contributed by atoms with van der Waals surface area (Å²) in [6.45, 7) is 4.92. The number of anilines is 1. The van der Waals surface area contributed by atoms with Crippen LogP contribution in [-0.2, 0) is 0 Å². The molecule has 1 N–H and O–H groups in total. The second-order valence-corrected chi connectivity index (χ2v) is 4.73. The fraction of sp³-hybridized carbons (Fsp3) is 0.308. The Morgan fingerprint density at radius 2 is 2.00 bits per heavy atom. The van der Waals surface area contributed by atoms with E-state index in [1.54, 1.807) is 18.2 Å². The second kappa shape index (κ2) is 7.04. The van der Waals surface area contributed by atoms with Gasteiger partial charge in [0.25, 0.3) is 0 Å². The lowest BCUT2D eigenvalue weighted by Gasteiger charge is -2.07. The van der Waals surface area contributed by atoms with Crippen LogP contribution in [0.2, 0.25) is 0 Å². The molecule has 0 fully saturated rings. The van der Waals surface area contributed by atoms with Crippen molar-refractivity contribution in [2.45, 2.75) is 23.9 Å². The van der Waals surface area contributed by atoms with Gasteiger partial charge in [-0.25, -0.2) is 4.39 Å². The number of aromatic nitrogens is 3. The van der Waals surface area contributed by atoms with Crippen LogP contribution in [0, 0.1) is 5.82 Å². The predicted octanol–water partition coefficient (Wildman–Crippen LogP) is 2.99. The predicted molar refractivity (Wildman–Crippen MR) is 75.7 cm³/mol. The lowest BCUT2D eigenvalue weighted by Crippen LogP contribution is -2.07. The molecule has 0 aliphatic carbocycles. The highest BCUT2D eigenvalue weighted by atomic mass is 32.2. The summed E-state index contributed by atoms with van der Waals surface area (Å²) in [6, 6.07) is 6.72. The first-order chi connectivity index (χ1) is 9.72. The molecule has 1 aromatic carbocycles. The van der Waals surface area contributed by atoms with E-state index in [0.717, 1.165) is 11.8 Å².